The molecule has 0 fully saturated rings. The average Bonchev–Trinajstić information content (AvgIpc) is 3.03. The van der Waals surface area contributed by atoms with Gasteiger partial charge in [-0.1, -0.05) is 0 Å². The fraction of sp³-hybridized carbons (Fsp3) is 0.200. The Morgan fingerprint density at radius 2 is 2.05 bits per heavy atom. The molecule has 0 aliphatic carbocycles. The van der Waals surface area contributed by atoms with E-state index in [2.05, 4.69) is 23.5 Å². The van der Waals surface area contributed by atoms with Gasteiger partial charge in [0.2, 0.25) is 0 Å². The molecule has 1 aromatic carbocycles. The van der Waals surface area contributed by atoms with Gasteiger partial charge in [-0.25, -0.2) is 4.68 Å². The van der Waals surface area contributed by atoms with Crippen molar-refractivity contribution >= 4 is 16.8 Å². The molecule has 0 saturated heterocycles. The molecule has 96 valence electrons. The molecule has 4 nitrogen and oxygen atoms in total. The summed E-state index contributed by atoms with van der Waals surface area (Å²) in [5, 5.41) is 5.10. The summed E-state index contributed by atoms with van der Waals surface area (Å²) in [5.41, 5.74) is 4.24. The van der Waals surface area contributed by atoms with Crippen molar-refractivity contribution < 1.29 is 4.79 Å². The van der Waals surface area contributed by atoms with Gasteiger partial charge in [-0.15, -0.1) is 0 Å². The number of rotatable bonds is 1. The van der Waals surface area contributed by atoms with Crippen LogP contribution in [0, 0.1) is 13.8 Å². The van der Waals surface area contributed by atoms with Gasteiger partial charge in [0.05, 0.1) is 0 Å². The van der Waals surface area contributed by atoms with Crippen LogP contribution in [0.5, 0.6) is 0 Å². The first-order valence-corrected chi connectivity index (χ1v) is 6.19. The van der Waals surface area contributed by atoms with E-state index in [0.29, 0.717) is 5.56 Å². The molecule has 0 saturated carbocycles. The monoisotopic (exact) mass is 253 g/mol. The van der Waals surface area contributed by atoms with Gasteiger partial charge in [0.25, 0.3) is 5.91 Å². The SMILES string of the molecule is Cc1c(C)n(C)c2ccc(C(=O)n3cccn3)cc12. The van der Waals surface area contributed by atoms with E-state index in [-0.39, 0.29) is 5.91 Å². The molecular weight excluding hydrogens is 238 g/mol. The van der Waals surface area contributed by atoms with E-state index in [4.69, 9.17) is 0 Å². The highest BCUT2D eigenvalue weighted by molar-refractivity contribution is 5.99. The smallest absolute Gasteiger partial charge is 0.278 e. The molecule has 3 rings (SSSR count). The van der Waals surface area contributed by atoms with Crippen LogP contribution in [0.4, 0.5) is 0 Å². The molecule has 0 unspecified atom stereocenters. The Balaban J connectivity index is 2.17. The van der Waals surface area contributed by atoms with E-state index < -0.39 is 0 Å². The van der Waals surface area contributed by atoms with Crippen molar-refractivity contribution in [2.45, 2.75) is 13.8 Å². The van der Waals surface area contributed by atoms with Crippen molar-refractivity contribution in [3.8, 4) is 0 Å². The second-order valence-electron chi connectivity index (χ2n) is 4.76. The zero-order valence-corrected chi connectivity index (χ0v) is 11.2. The predicted octanol–water partition coefficient (Wildman–Crippen LogP) is 2.68. The van der Waals surface area contributed by atoms with Crippen LogP contribution >= 0.6 is 0 Å². The minimum absolute atomic E-state index is 0.104. The number of nitrogens with zero attached hydrogens (tertiary/aromatic N) is 3. The lowest BCUT2D eigenvalue weighted by Crippen LogP contribution is -2.12. The summed E-state index contributed by atoms with van der Waals surface area (Å²) in [4.78, 5) is 12.2. The molecular formula is C15H15N3O. The Kier molecular flexibility index (Phi) is 2.52. The number of hydrogen-bond donors (Lipinski definition) is 0. The Hall–Kier alpha value is -2.36. The standard InChI is InChI=1S/C15H15N3O/c1-10-11(2)17(3)14-6-5-12(9-13(10)14)15(19)18-8-4-7-16-18/h4-9H,1-3H3. The maximum atomic E-state index is 12.2. The normalized spacial score (nSPS) is 11.1. The number of aryl methyl sites for hydroxylation is 2. The van der Waals surface area contributed by atoms with Crippen molar-refractivity contribution in [1.29, 1.82) is 0 Å². The molecule has 0 radical (unpaired) electrons. The van der Waals surface area contributed by atoms with Gasteiger partial charge >= 0.3 is 0 Å². The molecule has 0 spiro atoms. The molecule has 19 heavy (non-hydrogen) atoms. The fourth-order valence-electron chi connectivity index (χ4n) is 2.41. The summed E-state index contributed by atoms with van der Waals surface area (Å²) in [6, 6.07) is 7.54. The highest BCUT2D eigenvalue weighted by atomic mass is 16.2. The van der Waals surface area contributed by atoms with Crippen molar-refractivity contribution in [2.24, 2.45) is 7.05 Å². The van der Waals surface area contributed by atoms with Crippen molar-refractivity contribution in [3.63, 3.8) is 0 Å². The highest BCUT2D eigenvalue weighted by Gasteiger charge is 2.13. The second-order valence-corrected chi connectivity index (χ2v) is 4.76. The predicted molar refractivity (Wildman–Crippen MR) is 74.3 cm³/mol. The van der Waals surface area contributed by atoms with Crippen LogP contribution in [0.15, 0.2) is 36.7 Å². The molecule has 0 N–H and O–H groups in total. The minimum Gasteiger partial charge on any atom is -0.348 e. The molecule has 0 amide bonds. The van der Waals surface area contributed by atoms with Gasteiger partial charge in [0, 0.05) is 41.6 Å². The van der Waals surface area contributed by atoms with Crippen molar-refractivity contribution in [2.75, 3.05) is 0 Å². The van der Waals surface area contributed by atoms with Crippen LogP contribution < -0.4 is 0 Å². The van der Waals surface area contributed by atoms with E-state index in [0.717, 1.165) is 10.9 Å². The lowest BCUT2D eigenvalue weighted by atomic mass is 10.1. The van der Waals surface area contributed by atoms with Crippen LogP contribution in [0.25, 0.3) is 10.9 Å². The van der Waals surface area contributed by atoms with Crippen LogP contribution in [0.2, 0.25) is 0 Å². The van der Waals surface area contributed by atoms with Gasteiger partial charge in [0.15, 0.2) is 0 Å². The second kappa shape index (κ2) is 4.09. The average molecular weight is 253 g/mol. The first-order chi connectivity index (χ1) is 9.09. The van der Waals surface area contributed by atoms with Crippen LogP contribution in [-0.4, -0.2) is 20.3 Å². The molecule has 0 aliphatic rings. The molecule has 0 aliphatic heterocycles. The fourth-order valence-corrected chi connectivity index (χ4v) is 2.41. The molecule has 4 heteroatoms. The van der Waals surface area contributed by atoms with Crippen molar-refractivity contribution in [3.05, 3.63) is 53.5 Å². The Morgan fingerprint density at radius 3 is 2.74 bits per heavy atom. The van der Waals surface area contributed by atoms with E-state index in [1.807, 2.05) is 25.2 Å². The Morgan fingerprint density at radius 1 is 1.26 bits per heavy atom. The van der Waals surface area contributed by atoms with Gasteiger partial charge in [0.1, 0.15) is 0 Å². The van der Waals surface area contributed by atoms with E-state index >= 15 is 0 Å². The van der Waals surface area contributed by atoms with Crippen LogP contribution in [-0.2, 0) is 7.05 Å². The molecule has 2 aromatic heterocycles. The maximum absolute atomic E-state index is 12.2. The topological polar surface area (TPSA) is 39.8 Å². The van der Waals surface area contributed by atoms with E-state index in [1.165, 1.54) is 15.9 Å². The lowest BCUT2D eigenvalue weighted by Gasteiger charge is -2.02. The summed E-state index contributed by atoms with van der Waals surface area (Å²) in [5.74, 6) is -0.104. The van der Waals surface area contributed by atoms with Gasteiger partial charge < -0.3 is 4.57 Å². The number of carbonyl (C=O) groups is 1. The van der Waals surface area contributed by atoms with Crippen LogP contribution in [0.1, 0.15) is 21.6 Å². The zero-order chi connectivity index (χ0) is 13.6. The summed E-state index contributed by atoms with van der Waals surface area (Å²) in [7, 11) is 2.04. The van der Waals surface area contributed by atoms with Gasteiger partial charge in [-0.3, -0.25) is 4.79 Å². The molecule has 0 bridgehead atoms. The molecule has 3 aromatic rings. The number of benzene rings is 1. The zero-order valence-electron chi connectivity index (χ0n) is 11.2. The Labute approximate surface area is 111 Å². The number of fused-ring (bicyclic) bond motifs is 1. The first-order valence-electron chi connectivity index (χ1n) is 6.19. The van der Waals surface area contributed by atoms with Gasteiger partial charge in [-0.2, -0.15) is 5.10 Å². The summed E-state index contributed by atoms with van der Waals surface area (Å²) in [6.07, 6.45) is 3.27. The highest BCUT2D eigenvalue weighted by Crippen LogP contribution is 2.25. The van der Waals surface area contributed by atoms with E-state index in [1.54, 1.807) is 18.5 Å². The number of hydrogen-bond acceptors (Lipinski definition) is 2. The minimum atomic E-state index is -0.104. The largest absolute Gasteiger partial charge is 0.348 e. The Bertz CT molecular complexity index is 766. The first kappa shape index (κ1) is 11.7. The lowest BCUT2D eigenvalue weighted by molar-refractivity contribution is 0.0945. The third-order valence-electron chi connectivity index (χ3n) is 3.77. The molecule has 0 atom stereocenters. The van der Waals surface area contributed by atoms with Crippen LogP contribution in [0.3, 0.4) is 0 Å². The summed E-state index contributed by atoms with van der Waals surface area (Å²) in [6.45, 7) is 4.17. The summed E-state index contributed by atoms with van der Waals surface area (Å²) < 4.78 is 3.50. The van der Waals surface area contributed by atoms with E-state index in [9.17, 15) is 4.79 Å². The third-order valence-corrected chi connectivity index (χ3v) is 3.77. The quantitative estimate of drug-likeness (QED) is 0.669. The maximum Gasteiger partial charge on any atom is 0.278 e. The van der Waals surface area contributed by atoms with Gasteiger partial charge in [-0.05, 0) is 43.7 Å². The summed E-state index contributed by atoms with van der Waals surface area (Å²) >= 11 is 0. The van der Waals surface area contributed by atoms with Crippen molar-refractivity contribution in [1.82, 2.24) is 14.3 Å². The number of carbonyl (C=O) groups excluding carboxylic acids is 1. The molecule has 2 heterocycles. The third kappa shape index (κ3) is 1.68. The number of aromatic nitrogens is 3.